The fourth-order valence-electron chi connectivity index (χ4n) is 4.62. The lowest BCUT2D eigenvalue weighted by Crippen LogP contribution is -2.22. The molecule has 0 amide bonds. The first-order valence-corrected chi connectivity index (χ1v) is 10.8. The molecule has 2 aromatic heterocycles. The van der Waals surface area contributed by atoms with Gasteiger partial charge in [0.25, 0.3) is 0 Å². The van der Waals surface area contributed by atoms with Crippen LogP contribution in [0.4, 0.5) is 0 Å². The Labute approximate surface area is 191 Å². The molecule has 0 spiro atoms. The SMILES string of the molecule is COCc1nn2c3c(cnc2c1-c1ccccc1)C(=O)C[C@@H](c1ccc(OC)c(OC)c1)C3. The highest BCUT2D eigenvalue weighted by atomic mass is 16.5. The zero-order valence-corrected chi connectivity index (χ0v) is 18.9. The Bertz CT molecular complexity index is 1330. The second-order valence-corrected chi connectivity index (χ2v) is 8.12. The molecule has 1 aliphatic carbocycles. The lowest BCUT2D eigenvalue weighted by molar-refractivity contribution is 0.0962. The van der Waals surface area contributed by atoms with Crippen LogP contribution < -0.4 is 9.47 Å². The standard InChI is InChI=1S/C26H25N3O4/c1-31-15-20-25(16-7-5-4-6-8-16)26-27-14-19-21(29(26)28-20)11-18(12-22(19)30)17-9-10-23(32-2)24(13-17)33-3/h4-10,13-14,18H,11-12,15H2,1-3H3/t18-/m0/s1. The van der Waals surface area contributed by atoms with Crippen molar-refractivity contribution in [3.05, 3.63) is 77.2 Å². The van der Waals surface area contributed by atoms with E-state index >= 15 is 0 Å². The minimum absolute atomic E-state index is 0.00524. The Morgan fingerprint density at radius 1 is 1.00 bits per heavy atom. The molecule has 0 fully saturated rings. The number of carbonyl (C=O) groups excluding carboxylic acids is 1. The topological polar surface area (TPSA) is 75.0 Å². The third kappa shape index (κ3) is 3.64. The quantitative estimate of drug-likeness (QED) is 0.438. The average molecular weight is 444 g/mol. The van der Waals surface area contributed by atoms with Crippen LogP contribution in [0.3, 0.4) is 0 Å². The Morgan fingerprint density at radius 2 is 1.79 bits per heavy atom. The number of benzene rings is 2. The zero-order chi connectivity index (χ0) is 22.9. The first kappa shape index (κ1) is 21.2. The molecule has 4 aromatic rings. The summed E-state index contributed by atoms with van der Waals surface area (Å²) in [6.45, 7) is 0.357. The third-order valence-corrected chi connectivity index (χ3v) is 6.21. The fraction of sp³-hybridized carbons (Fsp3) is 0.269. The molecular weight excluding hydrogens is 418 g/mol. The van der Waals surface area contributed by atoms with Gasteiger partial charge in [-0.15, -0.1) is 0 Å². The molecule has 7 nitrogen and oxygen atoms in total. The predicted molar refractivity (Wildman–Crippen MR) is 124 cm³/mol. The molecule has 33 heavy (non-hydrogen) atoms. The minimum Gasteiger partial charge on any atom is -0.493 e. The van der Waals surface area contributed by atoms with Crippen LogP contribution >= 0.6 is 0 Å². The van der Waals surface area contributed by atoms with E-state index in [9.17, 15) is 4.79 Å². The number of Topliss-reactive ketones (excluding diaryl/α,β-unsaturated/α-hetero) is 1. The van der Waals surface area contributed by atoms with E-state index in [0.717, 1.165) is 33.7 Å². The number of carbonyl (C=O) groups is 1. The van der Waals surface area contributed by atoms with Crippen LogP contribution in [0.2, 0.25) is 0 Å². The van der Waals surface area contributed by atoms with Crippen LogP contribution in [0, 0.1) is 0 Å². The van der Waals surface area contributed by atoms with Crippen molar-refractivity contribution in [1.82, 2.24) is 14.6 Å². The first-order valence-electron chi connectivity index (χ1n) is 10.8. The monoisotopic (exact) mass is 443 g/mol. The van der Waals surface area contributed by atoms with Gasteiger partial charge in [-0.2, -0.15) is 5.10 Å². The summed E-state index contributed by atoms with van der Waals surface area (Å²) in [5, 5.41) is 4.85. The number of fused-ring (bicyclic) bond motifs is 3. The summed E-state index contributed by atoms with van der Waals surface area (Å²) >= 11 is 0. The third-order valence-electron chi connectivity index (χ3n) is 6.21. The van der Waals surface area contributed by atoms with Crippen molar-refractivity contribution in [3.63, 3.8) is 0 Å². The van der Waals surface area contributed by atoms with Gasteiger partial charge in [-0.1, -0.05) is 36.4 Å². The molecule has 0 unspecified atom stereocenters. The molecule has 2 aromatic carbocycles. The van der Waals surface area contributed by atoms with E-state index in [1.54, 1.807) is 27.5 Å². The van der Waals surface area contributed by atoms with Crippen molar-refractivity contribution >= 4 is 11.4 Å². The summed E-state index contributed by atoms with van der Waals surface area (Å²) in [6.07, 6.45) is 2.77. The molecule has 1 atom stereocenters. The van der Waals surface area contributed by atoms with Crippen molar-refractivity contribution in [2.75, 3.05) is 21.3 Å². The first-order chi connectivity index (χ1) is 16.1. The number of hydrogen-bond donors (Lipinski definition) is 0. The maximum atomic E-state index is 13.1. The van der Waals surface area contributed by atoms with E-state index in [1.807, 2.05) is 53.0 Å². The van der Waals surface area contributed by atoms with Gasteiger partial charge in [-0.25, -0.2) is 9.50 Å². The van der Waals surface area contributed by atoms with E-state index in [2.05, 4.69) is 4.98 Å². The van der Waals surface area contributed by atoms with E-state index < -0.39 is 0 Å². The van der Waals surface area contributed by atoms with Crippen LogP contribution in [-0.4, -0.2) is 41.7 Å². The summed E-state index contributed by atoms with van der Waals surface area (Å²) < 4.78 is 18.1. The maximum absolute atomic E-state index is 13.1. The highest BCUT2D eigenvalue weighted by Crippen LogP contribution is 2.38. The summed E-state index contributed by atoms with van der Waals surface area (Å²) in [6, 6.07) is 15.9. The molecule has 0 saturated heterocycles. The lowest BCUT2D eigenvalue weighted by atomic mass is 9.82. The summed E-state index contributed by atoms with van der Waals surface area (Å²) in [4.78, 5) is 17.8. The van der Waals surface area contributed by atoms with Gasteiger partial charge >= 0.3 is 0 Å². The molecule has 0 bridgehead atoms. The molecule has 2 heterocycles. The second kappa shape index (κ2) is 8.67. The van der Waals surface area contributed by atoms with Gasteiger partial charge < -0.3 is 14.2 Å². The summed E-state index contributed by atoms with van der Waals surface area (Å²) in [5.74, 6) is 1.39. The van der Waals surface area contributed by atoms with Crippen LogP contribution in [0.25, 0.3) is 16.8 Å². The number of ether oxygens (including phenoxy) is 3. The molecule has 5 rings (SSSR count). The highest BCUT2D eigenvalue weighted by Gasteiger charge is 2.31. The van der Waals surface area contributed by atoms with E-state index in [-0.39, 0.29) is 11.7 Å². The van der Waals surface area contributed by atoms with Gasteiger partial charge in [0.2, 0.25) is 0 Å². The number of hydrogen-bond acceptors (Lipinski definition) is 6. The maximum Gasteiger partial charge on any atom is 0.166 e. The van der Waals surface area contributed by atoms with Crippen molar-refractivity contribution in [1.29, 1.82) is 0 Å². The van der Waals surface area contributed by atoms with Gasteiger partial charge in [0.05, 0.1) is 43.3 Å². The van der Waals surface area contributed by atoms with Crippen molar-refractivity contribution in [3.8, 4) is 22.6 Å². The van der Waals surface area contributed by atoms with Crippen LogP contribution in [-0.2, 0) is 17.8 Å². The van der Waals surface area contributed by atoms with Crippen molar-refractivity contribution in [2.24, 2.45) is 0 Å². The Kier molecular flexibility index (Phi) is 5.56. The smallest absolute Gasteiger partial charge is 0.166 e. The number of nitrogens with zero attached hydrogens (tertiary/aromatic N) is 3. The Morgan fingerprint density at radius 3 is 2.52 bits per heavy atom. The Balaban J connectivity index is 1.64. The molecule has 0 radical (unpaired) electrons. The van der Waals surface area contributed by atoms with Gasteiger partial charge in [0, 0.05) is 19.7 Å². The van der Waals surface area contributed by atoms with E-state index in [0.29, 0.717) is 36.5 Å². The predicted octanol–water partition coefficient (Wildman–Crippen LogP) is 4.47. The number of methoxy groups -OCH3 is 3. The lowest BCUT2D eigenvalue weighted by Gasteiger charge is -2.24. The Hall–Kier alpha value is -3.71. The molecular formula is C26H25N3O4. The number of aromatic nitrogens is 3. The molecule has 0 saturated carbocycles. The molecule has 0 aliphatic heterocycles. The van der Waals surface area contributed by atoms with Crippen molar-refractivity contribution < 1.29 is 19.0 Å². The number of rotatable bonds is 6. The van der Waals surface area contributed by atoms with E-state index in [4.69, 9.17) is 19.3 Å². The van der Waals surface area contributed by atoms with E-state index in [1.165, 1.54) is 0 Å². The van der Waals surface area contributed by atoms with Crippen molar-refractivity contribution in [2.45, 2.75) is 25.4 Å². The fourth-order valence-corrected chi connectivity index (χ4v) is 4.62. The van der Waals surface area contributed by atoms with Gasteiger partial charge in [0.15, 0.2) is 22.9 Å². The largest absolute Gasteiger partial charge is 0.493 e. The second-order valence-electron chi connectivity index (χ2n) is 8.12. The molecule has 7 heteroatoms. The average Bonchev–Trinajstić information content (AvgIpc) is 3.22. The zero-order valence-electron chi connectivity index (χ0n) is 18.9. The highest BCUT2D eigenvalue weighted by molar-refractivity contribution is 5.99. The summed E-state index contributed by atoms with van der Waals surface area (Å²) in [5.41, 5.74) is 6.01. The molecule has 168 valence electrons. The van der Waals surface area contributed by atoms with Gasteiger partial charge in [-0.3, -0.25) is 4.79 Å². The van der Waals surface area contributed by atoms with Crippen LogP contribution in [0.1, 0.15) is 39.6 Å². The van der Waals surface area contributed by atoms with Gasteiger partial charge in [-0.05, 0) is 35.6 Å². The van der Waals surface area contributed by atoms with Gasteiger partial charge in [0.1, 0.15) is 0 Å². The van der Waals surface area contributed by atoms with Crippen LogP contribution in [0.15, 0.2) is 54.7 Å². The molecule has 1 aliphatic rings. The number of ketones is 1. The summed E-state index contributed by atoms with van der Waals surface area (Å²) in [7, 11) is 4.88. The van der Waals surface area contributed by atoms with Crippen LogP contribution in [0.5, 0.6) is 11.5 Å². The normalized spacial score (nSPS) is 15.5. The molecule has 0 N–H and O–H groups in total. The minimum atomic E-state index is 0.00524.